The fourth-order valence-corrected chi connectivity index (χ4v) is 2.96. The maximum atomic E-state index is 11.4. The molecule has 21 heavy (non-hydrogen) atoms. The largest absolute Gasteiger partial charge is 0.481 e. The van der Waals surface area contributed by atoms with Crippen LogP contribution < -0.4 is 0 Å². The minimum atomic E-state index is -0.721. The summed E-state index contributed by atoms with van der Waals surface area (Å²) >= 11 is 0. The number of likely N-dealkylation sites (tertiary alicyclic amines) is 1. The zero-order valence-electron chi connectivity index (χ0n) is 12.7. The monoisotopic (exact) mass is 286 g/mol. The summed E-state index contributed by atoms with van der Waals surface area (Å²) in [6.45, 7) is 6.21. The Bertz CT molecular complexity index is 560. The van der Waals surface area contributed by atoms with E-state index in [1.165, 1.54) is 0 Å². The molecule has 112 valence electrons. The first-order chi connectivity index (χ1) is 9.93. The van der Waals surface area contributed by atoms with E-state index in [0.29, 0.717) is 5.56 Å². The van der Waals surface area contributed by atoms with E-state index in [-0.39, 0.29) is 5.92 Å². The summed E-state index contributed by atoms with van der Waals surface area (Å²) in [4.78, 5) is 13.7. The van der Waals surface area contributed by atoms with E-state index in [1.54, 1.807) is 6.07 Å². The van der Waals surface area contributed by atoms with Crippen LogP contribution in [0, 0.1) is 22.7 Å². The zero-order valence-corrected chi connectivity index (χ0v) is 12.7. The highest BCUT2D eigenvalue weighted by molar-refractivity contribution is 5.74. The summed E-state index contributed by atoms with van der Waals surface area (Å²) in [6.07, 6.45) is 1.99. The van der Waals surface area contributed by atoms with Gasteiger partial charge in [-0.25, -0.2) is 0 Å². The van der Waals surface area contributed by atoms with Crippen molar-refractivity contribution in [1.29, 1.82) is 5.26 Å². The molecular formula is C17H22N2O2. The fraction of sp³-hybridized carbons (Fsp3) is 0.529. The Balaban J connectivity index is 2.05. The number of piperidine rings is 1. The van der Waals surface area contributed by atoms with Crippen LogP contribution in [0.4, 0.5) is 0 Å². The number of hydrogen-bond acceptors (Lipinski definition) is 3. The standard InChI is InChI=1S/C17H22N2O2/c1-17(2,16(20)21)15-7-4-8-19(12-15)11-14-6-3-5-13(9-14)10-18/h3,5-6,9,15H,4,7-8,11-12H2,1-2H3,(H,20,21). The predicted molar refractivity (Wildman–Crippen MR) is 80.6 cm³/mol. The molecule has 1 aliphatic rings. The van der Waals surface area contributed by atoms with Gasteiger partial charge in [-0.3, -0.25) is 9.69 Å². The summed E-state index contributed by atoms with van der Waals surface area (Å²) in [7, 11) is 0. The van der Waals surface area contributed by atoms with Gasteiger partial charge in [-0.2, -0.15) is 5.26 Å². The number of carbonyl (C=O) groups is 1. The summed E-state index contributed by atoms with van der Waals surface area (Å²) in [6, 6.07) is 9.79. The fourth-order valence-electron chi connectivity index (χ4n) is 2.96. The molecular weight excluding hydrogens is 264 g/mol. The summed E-state index contributed by atoms with van der Waals surface area (Å²) in [5.74, 6) is -0.552. The Morgan fingerprint density at radius 1 is 1.52 bits per heavy atom. The third-order valence-electron chi connectivity index (χ3n) is 4.54. The second-order valence-corrected chi connectivity index (χ2v) is 6.41. The summed E-state index contributed by atoms with van der Waals surface area (Å²) in [5.41, 5.74) is 1.10. The Morgan fingerprint density at radius 3 is 2.95 bits per heavy atom. The molecule has 0 radical (unpaired) electrons. The maximum absolute atomic E-state index is 11.4. The number of nitriles is 1. The van der Waals surface area contributed by atoms with Gasteiger partial charge in [0.25, 0.3) is 0 Å². The number of benzene rings is 1. The SMILES string of the molecule is CC(C)(C(=O)O)C1CCCN(Cc2cccc(C#N)c2)C1. The van der Waals surface area contributed by atoms with Crippen LogP contribution in [0.3, 0.4) is 0 Å². The third kappa shape index (κ3) is 3.62. The van der Waals surface area contributed by atoms with Crippen molar-refractivity contribution in [3.05, 3.63) is 35.4 Å². The molecule has 1 aromatic carbocycles. The van der Waals surface area contributed by atoms with Gasteiger partial charge in [-0.15, -0.1) is 0 Å². The smallest absolute Gasteiger partial charge is 0.309 e. The number of aliphatic carboxylic acids is 1. The highest BCUT2D eigenvalue weighted by Crippen LogP contribution is 2.34. The van der Waals surface area contributed by atoms with E-state index in [2.05, 4.69) is 11.0 Å². The average Bonchev–Trinajstić information content (AvgIpc) is 2.47. The van der Waals surface area contributed by atoms with Gasteiger partial charge in [0.2, 0.25) is 0 Å². The topological polar surface area (TPSA) is 64.3 Å². The van der Waals surface area contributed by atoms with Crippen molar-refractivity contribution >= 4 is 5.97 Å². The van der Waals surface area contributed by atoms with Crippen molar-refractivity contribution < 1.29 is 9.90 Å². The normalized spacial score (nSPS) is 20.0. The Morgan fingerprint density at radius 2 is 2.29 bits per heavy atom. The molecule has 4 nitrogen and oxygen atoms in total. The van der Waals surface area contributed by atoms with Crippen LogP contribution in [0.1, 0.15) is 37.8 Å². The van der Waals surface area contributed by atoms with Crippen LogP contribution in [0.25, 0.3) is 0 Å². The number of carboxylic acids is 1. The minimum absolute atomic E-state index is 0.169. The van der Waals surface area contributed by atoms with Crippen molar-refractivity contribution in [3.63, 3.8) is 0 Å². The van der Waals surface area contributed by atoms with Gasteiger partial charge >= 0.3 is 5.97 Å². The first kappa shape index (κ1) is 15.5. The zero-order chi connectivity index (χ0) is 15.5. The lowest BCUT2D eigenvalue weighted by Crippen LogP contribution is -2.44. The lowest BCUT2D eigenvalue weighted by molar-refractivity contribution is -0.151. The highest BCUT2D eigenvalue weighted by Gasteiger charge is 2.38. The molecule has 0 spiro atoms. The van der Waals surface area contributed by atoms with Gasteiger partial charge in [-0.05, 0) is 56.8 Å². The van der Waals surface area contributed by atoms with Crippen LogP contribution in [-0.4, -0.2) is 29.1 Å². The van der Waals surface area contributed by atoms with Crippen LogP contribution in [-0.2, 0) is 11.3 Å². The van der Waals surface area contributed by atoms with E-state index in [4.69, 9.17) is 5.26 Å². The molecule has 0 saturated carbocycles. The minimum Gasteiger partial charge on any atom is -0.481 e. The van der Waals surface area contributed by atoms with E-state index in [0.717, 1.165) is 38.0 Å². The van der Waals surface area contributed by atoms with Crippen LogP contribution in [0.15, 0.2) is 24.3 Å². The first-order valence-electron chi connectivity index (χ1n) is 7.38. The van der Waals surface area contributed by atoms with E-state index in [9.17, 15) is 9.90 Å². The van der Waals surface area contributed by atoms with E-state index in [1.807, 2.05) is 32.0 Å². The Labute approximate surface area is 126 Å². The van der Waals surface area contributed by atoms with Crippen LogP contribution in [0.5, 0.6) is 0 Å². The summed E-state index contributed by atoms with van der Waals surface area (Å²) in [5, 5.41) is 18.3. The van der Waals surface area contributed by atoms with Gasteiger partial charge in [0.05, 0.1) is 17.0 Å². The van der Waals surface area contributed by atoms with E-state index < -0.39 is 11.4 Å². The molecule has 1 aromatic rings. The van der Waals surface area contributed by atoms with Crippen LogP contribution in [0.2, 0.25) is 0 Å². The highest BCUT2D eigenvalue weighted by atomic mass is 16.4. The number of hydrogen-bond donors (Lipinski definition) is 1. The van der Waals surface area contributed by atoms with Gasteiger partial charge in [0, 0.05) is 13.1 Å². The molecule has 1 N–H and O–H groups in total. The number of rotatable bonds is 4. The molecule has 1 aliphatic heterocycles. The molecule has 1 heterocycles. The second kappa shape index (κ2) is 6.28. The van der Waals surface area contributed by atoms with Crippen molar-refractivity contribution in [2.24, 2.45) is 11.3 Å². The van der Waals surface area contributed by atoms with Crippen molar-refractivity contribution in [3.8, 4) is 6.07 Å². The van der Waals surface area contributed by atoms with Crippen LogP contribution >= 0.6 is 0 Å². The van der Waals surface area contributed by atoms with Gasteiger partial charge in [0.15, 0.2) is 0 Å². The van der Waals surface area contributed by atoms with Gasteiger partial charge in [-0.1, -0.05) is 12.1 Å². The van der Waals surface area contributed by atoms with Crippen molar-refractivity contribution in [2.45, 2.75) is 33.2 Å². The number of nitrogens with zero attached hydrogens (tertiary/aromatic N) is 2. The lowest BCUT2D eigenvalue weighted by Gasteiger charge is -2.39. The number of carboxylic acid groups (broad SMARTS) is 1. The lowest BCUT2D eigenvalue weighted by atomic mass is 9.74. The molecule has 1 atom stereocenters. The molecule has 1 unspecified atom stereocenters. The quantitative estimate of drug-likeness (QED) is 0.924. The Hall–Kier alpha value is -1.86. The molecule has 0 amide bonds. The molecule has 2 rings (SSSR count). The van der Waals surface area contributed by atoms with Crippen molar-refractivity contribution in [1.82, 2.24) is 4.90 Å². The Kier molecular flexibility index (Phi) is 4.64. The molecule has 0 aliphatic carbocycles. The van der Waals surface area contributed by atoms with Crippen molar-refractivity contribution in [2.75, 3.05) is 13.1 Å². The molecule has 1 fully saturated rings. The summed E-state index contributed by atoms with van der Waals surface area (Å²) < 4.78 is 0. The molecule has 0 bridgehead atoms. The second-order valence-electron chi connectivity index (χ2n) is 6.41. The van der Waals surface area contributed by atoms with E-state index >= 15 is 0 Å². The third-order valence-corrected chi connectivity index (χ3v) is 4.54. The maximum Gasteiger partial charge on any atom is 0.309 e. The predicted octanol–water partition coefficient (Wildman–Crippen LogP) is 2.88. The van der Waals surface area contributed by atoms with Gasteiger partial charge < -0.3 is 5.11 Å². The first-order valence-corrected chi connectivity index (χ1v) is 7.38. The van der Waals surface area contributed by atoms with Gasteiger partial charge in [0.1, 0.15) is 0 Å². The average molecular weight is 286 g/mol. The molecule has 0 aromatic heterocycles. The molecule has 1 saturated heterocycles. The molecule has 4 heteroatoms.